The number of carbonyl (C=O) groups excluding carboxylic acids is 1. The van der Waals surface area contributed by atoms with Crippen molar-refractivity contribution in [3.63, 3.8) is 0 Å². The molecular weight excluding hydrogens is 388 g/mol. The van der Waals surface area contributed by atoms with E-state index in [0.29, 0.717) is 11.5 Å². The summed E-state index contributed by atoms with van der Waals surface area (Å²) in [7, 11) is 0. The second-order valence-corrected chi connectivity index (χ2v) is 8.87. The predicted molar refractivity (Wildman–Crippen MR) is 126 cm³/mol. The molecule has 31 heavy (non-hydrogen) atoms. The van der Waals surface area contributed by atoms with Crippen molar-refractivity contribution in [1.29, 1.82) is 0 Å². The maximum Gasteiger partial charge on any atom is 0.333 e. The van der Waals surface area contributed by atoms with Crippen molar-refractivity contribution in [3.05, 3.63) is 53.1 Å². The first-order chi connectivity index (χ1) is 14.9. The number of hydrogen-bond acceptors (Lipinski definition) is 3. The zero-order valence-electron chi connectivity index (χ0n) is 19.2. The van der Waals surface area contributed by atoms with Crippen LogP contribution in [0.15, 0.2) is 42.0 Å². The van der Waals surface area contributed by atoms with Gasteiger partial charge in [0, 0.05) is 17.6 Å². The number of carboxylic acid groups (broad SMARTS) is 1. The topological polar surface area (TPSA) is 63.6 Å². The van der Waals surface area contributed by atoms with Crippen LogP contribution in [0.25, 0.3) is 6.08 Å². The molecule has 1 aliphatic rings. The van der Waals surface area contributed by atoms with Gasteiger partial charge in [-0.05, 0) is 61.6 Å². The number of carboxylic acids is 1. The molecule has 170 valence electrons. The van der Waals surface area contributed by atoms with Crippen LogP contribution in [0.1, 0.15) is 95.1 Å². The zero-order chi connectivity index (χ0) is 22.6. The van der Waals surface area contributed by atoms with Gasteiger partial charge < -0.3 is 9.84 Å². The first kappa shape index (κ1) is 24.9. The average Bonchev–Trinajstić information content (AvgIpc) is 2.76. The van der Waals surface area contributed by atoms with Crippen molar-refractivity contribution in [1.82, 2.24) is 0 Å². The van der Waals surface area contributed by atoms with Gasteiger partial charge in [-0.1, -0.05) is 69.9 Å². The summed E-state index contributed by atoms with van der Waals surface area (Å²) in [4.78, 5) is 23.0. The highest BCUT2D eigenvalue weighted by Crippen LogP contribution is 2.37. The Morgan fingerprint density at radius 1 is 1.10 bits per heavy atom. The van der Waals surface area contributed by atoms with Crippen LogP contribution >= 0.6 is 0 Å². The van der Waals surface area contributed by atoms with Crippen LogP contribution in [0.3, 0.4) is 0 Å². The molecule has 0 aliphatic heterocycles. The van der Waals surface area contributed by atoms with Crippen LogP contribution in [0.4, 0.5) is 0 Å². The third kappa shape index (κ3) is 8.72. The predicted octanol–water partition coefficient (Wildman–Crippen LogP) is 6.91. The fraction of sp³-hybridized carbons (Fsp3) is 0.556. The Balaban J connectivity index is 1.86. The van der Waals surface area contributed by atoms with Gasteiger partial charge in [0.05, 0.1) is 6.61 Å². The molecule has 1 saturated carbocycles. The SMILES string of the molecule is C=C(C)C(=O)OCCC(=Cc1ccc([C@H]2CC[C@H](CCCCCC)CC2)cc1)C(=O)O. The quantitative estimate of drug-likeness (QED) is 0.224. The van der Waals surface area contributed by atoms with Crippen molar-refractivity contribution >= 4 is 18.0 Å². The molecule has 1 aliphatic carbocycles. The molecule has 1 N–H and O–H groups in total. The standard InChI is InChI=1S/C27H38O4/c1-4-5-6-7-8-21-9-13-23(14-10-21)24-15-11-22(12-16-24)19-25(26(28)29)17-18-31-27(30)20(2)3/h11-12,15-16,19,21,23H,2,4-10,13-14,17-18H2,1,3H3,(H,28,29)/t21-,23-. The lowest BCUT2D eigenvalue weighted by molar-refractivity contribution is -0.139. The highest BCUT2D eigenvalue weighted by molar-refractivity contribution is 5.92. The van der Waals surface area contributed by atoms with Crippen molar-refractivity contribution in [3.8, 4) is 0 Å². The molecule has 0 aromatic heterocycles. The van der Waals surface area contributed by atoms with Gasteiger partial charge in [0.2, 0.25) is 0 Å². The second-order valence-electron chi connectivity index (χ2n) is 8.87. The van der Waals surface area contributed by atoms with Crippen molar-refractivity contribution in [2.45, 2.75) is 84.0 Å². The number of unbranched alkanes of at least 4 members (excludes halogenated alkanes) is 3. The van der Waals surface area contributed by atoms with Gasteiger partial charge in [0.25, 0.3) is 0 Å². The summed E-state index contributed by atoms with van der Waals surface area (Å²) >= 11 is 0. The average molecular weight is 427 g/mol. The molecule has 0 spiro atoms. The normalized spacial score (nSPS) is 19.1. The van der Waals surface area contributed by atoms with Crippen molar-refractivity contribution < 1.29 is 19.4 Å². The third-order valence-corrected chi connectivity index (χ3v) is 6.29. The number of benzene rings is 1. The van der Waals surface area contributed by atoms with E-state index in [9.17, 15) is 14.7 Å². The minimum Gasteiger partial charge on any atom is -0.478 e. The summed E-state index contributed by atoms with van der Waals surface area (Å²) < 4.78 is 5.02. The van der Waals surface area contributed by atoms with Gasteiger partial charge in [-0.25, -0.2) is 9.59 Å². The first-order valence-electron chi connectivity index (χ1n) is 11.8. The minimum atomic E-state index is -0.993. The van der Waals surface area contributed by atoms with Crippen molar-refractivity contribution in [2.75, 3.05) is 6.61 Å². The Bertz CT molecular complexity index is 752. The summed E-state index contributed by atoms with van der Waals surface area (Å²) in [6.45, 7) is 7.38. The third-order valence-electron chi connectivity index (χ3n) is 6.29. The van der Waals surface area contributed by atoms with E-state index in [0.717, 1.165) is 11.5 Å². The molecule has 1 fully saturated rings. The highest BCUT2D eigenvalue weighted by Gasteiger charge is 2.22. The number of esters is 1. The van der Waals surface area contributed by atoms with Gasteiger partial charge in [0.1, 0.15) is 0 Å². The lowest BCUT2D eigenvalue weighted by Crippen LogP contribution is -2.13. The molecule has 0 bridgehead atoms. The van der Waals surface area contributed by atoms with E-state index in [4.69, 9.17) is 4.74 Å². The van der Waals surface area contributed by atoms with Gasteiger partial charge >= 0.3 is 11.9 Å². The molecule has 0 radical (unpaired) electrons. The Labute approximate surface area is 187 Å². The van der Waals surface area contributed by atoms with Crippen LogP contribution in [0, 0.1) is 5.92 Å². The van der Waals surface area contributed by atoms with E-state index < -0.39 is 11.9 Å². The van der Waals surface area contributed by atoms with Crippen LogP contribution in [0.2, 0.25) is 0 Å². The van der Waals surface area contributed by atoms with E-state index >= 15 is 0 Å². The van der Waals surface area contributed by atoms with Gasteiger partial charge in [-0.2, -0.15) is 0 Å². The van der Waals surface area contributed by atoms with Crippen LogP contribution in [0.5, 0.6) is 0 Å². The number of hydrogen-bond donors (Lipinski definition) is 1. The summed E-state index contributed by atoms with van der Waals surface area (Å²) in [5.74, 6) is 0.0234. The summed E-state index contributed by atoms with van der Waals surface area (Å²) in [6, 6.07) is 8.27. The minimum absolute atomic E-state index is 0.0313. The fourth-order valence-corrected chi connectivity index (χ4v) is 4.33. The van der Waals surface area contributed by atoms with E-state index in [1.165, 1.54) is 63.4 Å². The molecule has 4 nitrogen and oxygen atoms in total. The van der Waals surface area contributed by atoms with Crippen LogP contribution in [-0.4, -0.2) is 23.7 Å². The maximum absolute atomic E-state index is 11.5. The zero-order valence-corrected chi connectivity index (χ0v) is 19.2. The summed E-state index contributed by atoms with van der Waals surface area (Å²) in [5.41, 5.74) is 2.75. The van der Waals surface area contributed by atoms with Gasteiger partial charge in [0.15, 0.2) is 0 Å². The van der Waals surface area contributed by atoms with E-state index in [2.05, 4.69) is 25.6 Å². The van der Waals surface area contributed by atoms with Gasteiger partial charge in [-0.15, -0.1) is 0 Å². The molecule has 0 atom stereocenters. The van der Waals surface area contributed by atoms with E-state index in [1.54, 1.807) is 13.0 Å². The lowest BCUT2D eigenvalue weighted by Gasteiger charge is -2.29. The molecule has 2 rings (SSSR count). The van der Waals surface area contributed by atoms with Gasteiger partial charge in [-0.3, -0.25) is 0 Å². The Morgan fingerprint density at radius 3 is 2.35 bits per heavy atom. The highest BCUT2D eigenvalue weighted by atomic mass is 16.5. The maximum atomic E-state index is 11.5. The summed E-state index contributed by atoms with van der Waals surface area (Å²) in [5, 5.41) is 9.46. The molecule has 1 aromatic carbocycles. The Kier molecular flexibility index (Phi) is 10.6. The lowest BCUT2D eigenvalue weighted by atomic mass is 9.77. The molecular formula is C27H38O4. The molecule has 0 amide bonds. The number of carbonyl (C=O) groups is 2. The fourth-order valence-electron chi connectivity index (χ4n) is 4.33. The number of ether oxygens (including phenoxy) is 1. The molecule has 1 aromatic rings. The van der Waals surface area contributed by atoms with Crippen molar-refractivity contribution in [2.24, 2.45) is 5.92 Å². The second kappa shape index (κ2) is 13.1. The molecule has 0 saturated heterocycles. The van der Waals surface area contributed by atoms with E-state index in [-0.39, 0.29) is 18.6 Å². The molecule has 0 unspecified atom stereocenters. The monoisotopic (exact) mass is 426 g/mol. The number of rotatable bonds is 12. The largest absolute Gasteiger partial charge is 0.478 e. The smallest absolute Gasteiger partial charge is 0.333 e. The Hall–Kier alpha value is -2.36. The van der Waals surface area contributed by atoms with Crippen LogP contribution < -0.4 is 0 Å². The van der Waals surface area contributed by atoms with E-state index in [1.807, 2.05) is 12.1 Å². The van der Waals surface area contributed by atoms with Crippen LogP contribution in [-0.2, 0) is 14.3 Å². The Morgan fingerprint density at radius 2 is 1.77 bits per heavy atom. The number of aliphatic carboxylic acids is 1. The molecule has 4 heteroatoms. The first-order valence-corrected chi connectivity index (χ1v) is 11.8. The summed E-state index contributed by atoms with van der Waals surface area (Å²) in [6.07, 6.45) is 13.8. The molecule has 0 heterocycles.